The molecule has 0 saturated heterocycles. The minimum absolute atomic E-state index is 0.0445. The fraction of sp³-hybridized carbons (Fsp3) is 0.500. The van der Waals surface area contributed by atoms with Gasteiger partial charge in [0.1, 0.15) is 6.67 Å². The number of nitrogens with zero attached hydrogens (tertiary/aromatic N) is 1. The van der Waals surface area contributed by atoms with E-state index in [2.05, 4.69) is 34.6 Å². The molecule has 19 heavy (non-hydrogen) atoms. The molecule has 0 aliphatic heterocycles. The van der Waals surface area contributed by atoms with E-state index in [-0.39, 0.29) is 18.6 Å². The van der Waals surface area contributed by atoms with Gasteiger partial charge in [0.15, 0.2) is 0 Å². The second kappa shape index (κ2) is 7.74. The van der Waals surface area contributed by atoms with Crippen LogP contribution in [-0.4, -0.2) is 44.8 Å². The molecule has 0 aromatic heterocycles. The molecular formula is C14H22FN3O. The molecule has 2 N–H and O–H groups in total. The maximum atomic E-state index is 11.9. The lowest BCUT2D eigenvalue weighted by molar-refractivity contribution is 0.231. The molecule has 0 spiro atoms. The largest absolute Gasteiger partial charge is 0.336 e. The summed E-state index contributed by atoms with van der Waals surface area (Å²) < 4.78 is 11.9. The topological polar surface area (TPSA) is 44.4 Å². The van der Waals surface area contributed by atoms with Gasteiger partial charge in [0.05, 0.1) is 6.04 Å². The van der Waals surface area contributed by atoms with Gasteiger partial charge in [-0.15, -0.1) is 0 Å². The lowest BCUT2D eigenvalue weighted by Gasteiger charge is -2.26. The number of carbonyl (C=O) groups excluding carboxylic acids is 1. The summed E-state index contributed by atoms with van der Waals surface area (Å²) in [6, 6.07) is 7.85. The maximum absolute atomic E-state index is 11.9. The van der Waals surface area contributed by atoms with E-state index in [9.17, 15) is 9.18 Å². The van der Waals surface area contributed by atoms with E-state index in [0.29, 0.717) is 6.54 Å². The fourth-order valence-corrected chi connectivity index (χ4v) is 1.94. The highest BCUT2D eigenvalue weighted by atomic mass is 19.1. The Bertz CT molecular complexity index is 409. The van der Waals surface area contributed by atoms with Crippen LogP contribution in [0.15, 0.2) is 24.3 Å². The van der Waals surface area contributed by atoms with Crippen LogP contribution in [0.2, 0.25) is 0 Å². The smallest absolute Gasteiger partial charge is 0.314 e. The van der Waals surface area contributed by atoms with Crippen LogP contribution in [0.4, 0.5) is 9.18 Å². The molecule has 1 rings (SSSR count). The van der Waals surface area contributed by atoms with Crippen molar-refractivity contribution in [3.63, 3.8) is 0 Å². The van der Waals surface area contributed by atoms with Gasteiger partial charge in [0.2, 0.25) is 0 Å². The summed E-state index contributed by atoms with van der Waals surface area (Å²) in [7, 11) is 3.94. The van der Waals surface area contributed by atoms with Crippen molar-refractivity contribution in [2.24, 2.45) is 0 Å². The van der Waals surface area contributed by atoms with Crippen LogP contribution in [0.5, 0.6) is 0 Å². The summed E-state index contributed by atoms with van der Waals surface area (Å²) in [5.74, 6) is 0. The predicted octanol–water partition coefficient (Wildman–Crippen LogP) is 1.87. The first-order valence-corrected chi connectivity index (χ1v) is 6.36. The Labute approximate surface area is 114 Å². The van der Waals surface area contributed by atoms with E-state index in [0.717, 1.165) is 0 Å². The molecule has 5 heteroatoms. The Morgan fingerprint density at radius 3 is 2.58 bits per heavy atom. The Morgan fingerprint density at radius 2 is 2.00 bits per heavy atom. The first-order chi connectivity index (χ1) is 9.06. The van der Waals surface area contributed by atoms with Crippen LogP contribution in [0, 0.1) is 6.92 Å². The van der Waals surface area contributed by atoms with E-state index in [1.807, 2.05) is 26.2 Å². The Kier molecular flexibility index (Phi) is 6.29. The van der Waals surface area contributed by atoms with E-state index in [1.54, 1.807) is 0 Å². The standard InChI is InChI=1S/C14H22FN3O/c1-11-6-4-5-7-12(11)13(18(2)3)10-17-14(19)16-9-8-15/h4-7,13H,8-10H2,1-3H3,(H2,16,17,19). The molecule has 0 heterocycles. The Balaban J connectivity index is 2.64. The van der Waals surface area contributed by atoms with Crippen molar-refractivity contribution < 1.29 is 9.18 Å². The number of alkyl halides is 1. The first kappa shape index (κ1) is 15.4. The van der Waals surface area contributed by atoms with Gasteiger partial charge in [0, 0.05) is 13.1 Å². The molecule has 0 bridgehead atoms. The molecule has 0 aliphatic rings. The Morgan fingerprint density at radius 1 is 1.32 bits per heavy atom. The minimum atomic E-state index is -0.553. The second-order valence-corrected chi connectivity index (χ2v) is 4.66. The highest BCUT2D eigenvalue weighted by Crippen LogP contribution is 2.20. The lowest BCUT2D eigenvalue weighted by atomic mass is 10.0. The number of likely N-dealkylation sites (N-methyl/N-ethyl adjacent to an activating group) is 1. The van der Waals surface area contributed by atoms with Gasteiger partial charge in [-0.05, 0) is 32.1 Å². The summed E-state index contributed by atoms with van der Waals surface area (Å²) in [5, 5.41) is 5.22. The number of benzene rings is 1. The zero-order chi connectivity index (χ0) is 14.3. The van der Waals surface area contributed by atoms with Crippen molar-refractivity contribution in [1.82, 2.24) is 15.5 Å². The highest BCUT2D eigenvalue weighted by Gasteiger charge is 2.16. The van der Waals surface area contributed by atoms with Crippen molar-refractivity contribution in [1.29, 1.82) is 0 Å². The van der Waals surface area contributed by atoms with Crippen molar-refractivity contribution in [3.05, 3.63) is 35.4 Å². The van der Waals surface area contributed by atoms with E-state index in [4.69, 9.17) is 0 Å². The molecule has 1 aromatic carbocycles. The highest BCUT2D eigenvalue weighted by molar-refractivity contribution is 5.73. The molecule has 0 radical (unpaired) electrons. The van der Waals surface area contributed by atoms with Gasteiger partial charge in [0.25, 0.3) is 0 Å². The fourth-order valence-electron chi connectivity index (χ4n) is 1.94. The van der Waals surface area contributed by atoms with Crippen molar-refractivity contribution in [2.75, 3.05) is 33.9 Å². The van der Waals surface area contributed by atoms with Crippen molar-refractivity contribution >= 4 is 6.03 Å². The molecule has 0 saturated carbocycles. The third-order valence-electron chi connectivity index (χ3n) is 3.01. The van der Waals surface area contributed by atoms with Crippen LogP contribution in [0.25, 0.3) is 0 Å². The lowest BCUT2D eigenvalue weighted by Crippen LogP contribution is -2.41. The van der Waals surface area contributed by atoms with Crippen LogP contribution in [0.1, 0.15) is 17.2 Å². The number of aryl methyl sites for hydroxylation is 1. The number of urea groups is 1. The molecule has 106 valence electrons. The van der Waals surface area contributed by atoms with Crippen LogP contribution in [0.3, 0.4) is 0 Å². The number of hydrogen-bond donors (Lipinski definition) is 2. The summed E-state index contributed by atoms with van der Waals surface area (Å²) >= 11 is 0. The number of carbonyl (C=O) groups is 1. The SMILES string of the molecule is Cc1ccccc1C(CNC(=O)NCCF)N(C)C. The summed E-state index contributed by atoms with van der Waals surface area (Å²) in [4.78, 5) is 13.5. The first-order valence-electron chi connectivity index (χ1n) is 6.36. The molecular weight excluding hydrogens is 245 g/mol. The van der Waals surface area contributed by atoms with Crippen LogP contribution < -0.4 is 10.6 Å². The third kappa shape index (κ3) is 4.87. The van der Waals surface area contributed by atoms with Crippen LogP contribution in [-0.2, 0) is 0 Å². The van der Waals surface area contributed by atoms with E-state index in [1.165, 1.54) is 11.1 Å². The second-order valence-electron chi connectivity index (χ2n) is 4.66. The number of rotatable bonds is 6. The normalized spacial score (nSPS) is 12.3. The minimum Gasteiger partial charge on any atom is -0.336 e. The quantitative estimate of drug-likeness (QED) is 0.826. The van der Waals surface area contributed by atoms with Gasteiger partial charge in [-0.25, -0.2) is 9.18 Å². The van der Waals surface area contributed by atoms with Crippen LogP contribution >= 0.6 is 0 Å². The average Bonchev–Trinajstić information content (AvgIpc) is 2.38. The summed E-state index contributed by atoms with van der Waals surface area (Å²) in [5.41, 5.74) is 2.37. The van der Waals surface area contributed by atoms with Gasteiger partial charge < -0.3 is 15.5 Å². The maximum Gasteiger partial charge on any atom is 0.314 e. The average molecular weight is 267 g/mol. The van der Waals surface area contributed by atoms with Crippen molar-refractivity contribution in [2.45, 2.75) is 13.0 Å². The molecule has 1 aromatic rings. The summed E-state index contributed by atoms with van der Waals surface area (Å²) in [6.45, 7) is 2.02. The molecule has 2 amide bonds. The molecule has 0 aliphatic carbocycles. The number of amides is 2. The molecule has 0 fully saturated rings. The number of nitrogens with one attached hydrogen (secondary N) is 2. The van der Waals surface area contributed by atoms with E-state index >= 15 is 0 Å². The number of halogens is 1. The van der Waals surface area contributed by atoms with Gasteiger partial charge in [-0.1, -0.05) is 24.3 Å². The molecule has 4 nitrogen and oxygen atoms in total. The zero-order valence-corrected chi connectivity index (χ0v) is 11.7. The molecule has 1 unspecified atom stereocenters. The van der Waals surface area contributed by atoms with Crippen molar-refractivity contribution in [3.8, 4) is 0 Å². The van der Waals surface area contributed by atoms with E-state index < -0.39 is 6.67 Å². The third-order valence-corrected chi connectivity index (χ3v) is 3.01. The Hall–Kier alpha value is -1.62. The van der Waals surface area contributed by atoms with Gasteiger partial charge in [-0.3, -0.25) is 0 Å². The zero-order valence-electron chi connectivity index (χ0n) is 11.7. The number of hydrogen-bond acceptors (Lipinski definition) is 2. The summed E-state index contributed by atoms with van der Waals surface area (Å²) in [6.07, 6.45) is 0. The van der Waals surface area contributed by atoms with Gasteiger partial charge in [-0.2, -0.15) is 0 Å². The molecule has 1 atom stereocenters. The monoisotopic (exact) mass is 267 g/mol. The predicted molar refractivity (Wildman–Crippen MR) is 75.0 cm³/mol. The van der Waals surface area contributed by atoms with Gasteiger partial charge >= 0.3 is 6.03 Å².